The van der Waals surface area contributed by atoms with E-state index in [9.17, 15) is 4.79 Å². The summed E-state index contributed by atoms with van der Waals surface area (Å²) in [6, 6.07) is 17.0. The van der Waals surface area contributed by atoms with Crippen molar-refractivity contribution in [1.82, 2.24) is 24.5 Å². The second-order valence-corrected chi connectivity index (χ2v) is 7.64. The number of aromatic nitrogens is 5. The van der Waals surface area contributed by atoms with E-state index in [4.69, 9.17) is 16.9 Å². The van der Waals surface area contributed by atoms with Crippen molar-refractivity contribution in [3.05, 3.63) is 93.1 Å². The predicted octanol–water partition coefficient (Wildman–Crippen LogP) is 5.39. The largest absolute Gasteiger partial charge is 0.455 e. The average Bonchev–Trinajstić information content (AvgIpc) is 3.22. The van der Waals surface area contributed by atoms with Gasteiger partial charge < -0.3 is 15.3 Å². The van der Waals surface area contributed by atoms with Crippen LogP contribution in [0.1, 0.15) is 24.2 Å². The van der Waals surface area contributed by atoms with Crippen molar-refractivity contribution in [2.24, 2.45) is 0 Å². The van der Waals surface area contributed by atoms with Crippen molar-refractivity contribution in [3.8, 4) is 5.69 Å². The van der Waals surface area contributed by atoms with Gasteiger partial charge in [0.1, 0.15) is 5.28 Å². The van der Waals surface area contributed by atoms with Crippen molar-refractivity contribution in [2.45, 2.75) is 19.9 Å². The number of rotatable bonds is 4. The smallest absolute Gasteiger partial charge is 0.263 e. The standard InChI is InChI=1S/C23H18ClN6O/c1-13-7-6-8-15-11-17(30(22(31)18(13)15)16-9-4-3-5-10-16)14(2)27-21-19-20(26-12-25-19)28-23(24)29-21/h3-12,14H,1-2H3,(H-,25,26,27,28,29)/q-1. The molecule has 5 aromatic rings. The van der Waals surface area contributed by atoms with E-state index in [-0.39, 0.29) is 10.8 Å². The number of pyridine rings is 1. The molecule has 5 rings (SSSR count). The Hall–Kier alpha value is -3.71. The van der Waals surface area contributed by atoms with Crippen LogP contribution in [0.5, 0.6) is 0 Å². The summed E-state index contributed by atoms with van der Waals surface area (Å²) in [6.45, 7) is 3.87. The number of imidazole rings is 1. The molecule has 0 bridgehead atoms. The Bertz CT molecular complexity index is 1470. The minimum Gasteiger partial charge on any atom is -0.455 e. The molecular formula is C23H18ClN6O-. The topological polar surface area (TPSA) is 90.6 Å². The van der Waals surface area contributed by atoms with Crippen molar-refractivity contribution in [2.75, 3.05) is 0 Å². The molecule has 7 nitrogen and oxygen atoms in total. The fraction of sp³-hybridized carbons (Fsp3) is 0.130. The van der Waals surface area contributed by atoms with Crippen LogP contribution in [-0.2, 0) is 0 Å². The Morgan fingerprint density at radius 3 is 2.71 bits per heavy atom. The van der Waals surface area contributed by atoms with Gasteiger partial charge in [-0.25, -0.2) is 9.97 Å². The quantitative estimate of drug-likeness (QED) is 0.388. The van der Waals surface area contributed by atoms with E-state index in [1.54, 1.807) is 4.57 Å². The fourth-order valence-corrected chi connectivity index (χ4v) is 4.00. The van der Waals surface area contributed by atoms with Gasteiger partial charge in [-0.3, -0.25) is 9.36 Å². The molecule has 3 heterocycles. The summed E-state index contributed by atoms with van der Waals surface area (Å²) in [6.07, 6.45) is 1.53. The Morgan fingerprint density at radius 2 is 1.90 bits per heavy atom. The summed E-state index contributed by atoms with van der Waals surface area (Å²) >= 11 is 6.07. The monoisotopic (exact) mass is 429 g/mol. The zero-order valence-electron chi connectivity index (χ0n) is 16.9. The molecule has 0 aliphatic rings. The Balaban J connectivity index is 1.71. The molecule has 2 aromatic carbocycles. The SMILES string of the molecule is Cc1cccc2cc(C(C)[N-]c3nc(Cl)nc4nc[nH]c34)n(-c3ccccc3)c(=O)c12. The van der Waals surface area contributed by atoms with Gasteiger partial charge in [0.15, 0.2) is 5.65 Å². The highest BCUT2D eigenvalue weighted by Crippen LogP contribution is 2.35. The van der Waals surface area contributed by atoms with Gasteiger partial charge in [0.25, 0.3) is 5.56 Å². The van der Waals surface area contributed by atoms with Crippen LogP contribution in [0.15, 0.2) is 65.7 Å². The number of para-hydroxylation sites is 1. The molecule has 1 unspecified atom stereocenters. The zero-order chi connectivity index (χ0) is 21.5. The molecule has 0 fully saturated rings. The molecule has 1 N–H and O–H groups in total. The van der Waals surface area contributed by atoms with Crippen LogP contribution in [0.2, 0.25) is 5.28 Å². The maximum atomic E-state index is 13.6. The third kappa shape index (κ3) is 3.33. The van der Waals surface area contributed by atoms with Gasteiger partial charge in [-0.1, -0.05) is 54.9 Å². The van der Waals surface area contributed by atoms with Crippen LogP contribution < -0.4 is 5.56 Å². The van der Waals surface area contributed by atoms with Crippen LogP contribution in [0.4, 0.5) is 5.82 Å². The van der Waals surface area contributed by atoms with Crippen LogP contribution in [-0.4, -0.2) is 24.5 Å². The highest BCUT2D eigenvalue weighted by Gasteiger charge is 2.16. The summed E-state index contributed by atoms with van der Waals surface area (Å²) in [5, 5.41) is 6.42. The van der Waals surface area contributed by atoms with Gasteiger partial charge >= 0.3 is 0 Å². The van der Waals surface area contributed by atoms with E-state index in [2.05, 4.69) is 19.9 Å². The van der Waals surface area contributed by atoms with Gasteiger partial charge in [-0.05, 0) is 47.9 Å². The number of aryl methyl sites for hydroxylation is 1. The summed E-state index contributed by atoms with van der Waals surface area (Å²) in [5.74, 6) is 0.399. The van der Waals surface area contributed by atoms with E-state index in [0.717, 1.165) is 22.3 Å². The van der Waals surface area contributed by atoms with Crippen molar-refractivity contribution < 1.29 is 0 Å². The minimum atomic E-state index is -0.393. The lowest BCUT2D eigenvalue weighted by Crippen LogP contribution is -2.23. The maximum absolute atomic E-state index is 13.6. The molecule has 154 valence electrons. The molecule has 3 aromatic heterocycles. The lowest BCUT2D eigenvalue weighted by atomic mass is 10.0. The third-order valence-corrected chi connectivity index (χ3v) is 5.45. The van der Waals surface area contributed by atoms with Gasteiger partial charge in [0, 0.05) is 11.4 Å². The minimum absolute atomic E-state index is 0.0696. The summed E-state index contributed by atoms with van der Waals surface area (Å²) in [4.78, 5) is 29.1. The predicted molar refractivity (Wildman–Crippen MR) is 122 cm³/mol. The summed E-state index contributed by atoms with van der Waals surface area (Å²) in [7, 11) is 0. The first kappa shape index (κ1) is 19.3. The molecule has 0 spiro atoms. The maximum Gasteiger partial charge on any atom is 0.263 e. The van der Waals surface area contributed by atoms with Gasteiger partial charge in [-0.2, -0.15) is 0 Å². The molecule has 0 saturated heterocycles. The second kappa shape index (κ2) is 7.52. The number of hydrogen-bond donors (Lipinski definition) is 1. The van der Waals surface area contributed by atoms with Crippen LogP contribution >= 0.6 is 11.6 Å². The van der Waals surface area contributed by atoms with Gasteiger partial charge in [0.2, 0.25) is 0 Å². The number of nitrogens with one attached hydrogen (secondary N) is 1. The highest BCUT2D eigenvalue weighted by molar-refractivity contribution is 6.28. The number of nitrogens with zero attached hydrogens (tertiary/aromatic N) is 5. The first-order chi connectivity index (χ1) is 15.0. The third-order valence-electron chi connectivity index (χ3n) is 5.28. The first-order valence-corrected chi connectivity index (χ1v) is 10.2. The number of H-pyrrole nitrogens is 1. The van der Waals surface area contributed by atoms with E-state index < -0.39 is 6.04 Å². The number of fused-ring (bicyclic) bond motifs is 2. The summed E-state index contributed by atoms with van der Waals surface area (Å²) < 4.78 is 1.72. The number of aromatic amines is 1. The molecule has 0 amide bonds. The number of benzene rings is 2. The van der Waals surface area contributed by atoms with Gasteiger partial charge in [-0.15, -0.1) is 0 Å². The molecule has 0 radical (unpaired) electrons. The van der Waals surface area contributed by atoms with Crippen LogP contribution in [0.25, 0.3) is 32.9 Å². The Morgan fingerprint density at radius 1 is 1.10 bits per heavy atom. The normalized spacial score (nSPS) is 12.4. The Labute approximate surface area is 182 Å². The van der Waals surface area contributed by atoms with E-state index in [1.807, 2.05) is 68.4 Å². The molecular weight excluding hydrogens is 412 g/mol. The van der Waals surface area contributed by atoms with Gasteiger partial charge in [0.05, 0.1) is 17.2 Å². The number of hydrogen-bond acceptors (Lipinski definition) is 4. The molecule has 8 heteroatoms. The Kier molecular flexibility index (Phi) is 4.67. The molecule has 0 aliphatic heterocycles. The molecule has 0 saturated carbocycles. The fourth-order valence-electron chi connectivity index (χ4n) is 3.84. The molecule has 1 atom stereocenters. The zero-order valence-corrected chi connectivity index (χ0v) is 17.6. The van der Waals surface area contributed by atoms with Crippen molar-refractivity contribution in [3.63, 3.8) is 0 Å². The second-order valence-electron chi connectivity index (χ2n) is 7.31. The average molecular weight is 430 g/mol. The van der Waals surface area contributed by atoms with Crippen LogP contribution in [0.3, 0.4) is 0 Å². The van der Waals surface area contributed by atoms with Crippen molar-refractivity contribution >= 4 is 39.4 Å². The van der Waals surface area contributed by atoms with E-state index >= 15 is 0 Å². The number of halogens is 1. The van der Waals surface area contributed by atoms with Crippen molar-refractivity contribution in [1.29, 1.82) is 0 Å². The van der Waals surface area contributed by atoms with Crippen LogP contribution in [0, 0.1) is 6.92 Å². The lowest BCUT2D eigenvalue weighted by molar-refractivity contribution is 0.801. The highest BCUT2D eigenvalue weighted by atomic mass is 35.5. The van der Waals surface area contributed by atoms with E-state index in [0.29, 0.717) is 22.4 Å². The lowest BCUT2D eigenvalue weighted by Gasteiger charge is -2.26. The summed E-state index contributed by atoms with van der Waals surface area (Å²) in [5.41, 5.74) is 3.43. The molecule has 31 heavy (non-hydrogen) atoms. The molecule has 0 aliphatic carbocycles. The first-order valence-electron chi connectivity index (χ1n) is 9.81. The van der Waals surface area contributed by atoms with E-state index in [1.165, 1.54) is 6.33 Å².